The normalized spacial score (nSPS) is 16.5. The van der Waals surface area contributed by atoms with Crippen molar-refractivity contribution < 1.29 is 35.6 Å². The van der Waals surface area contributed by atoms with Crippen LogP contribution in [0.2, 0.25) is 0 Å². The van der Waals surface area contributed by atoms with Crippen molar-refractivity contribution in [3.63, 3.8) is 0 Å². The number of rotatable bonds is 6. The quantitative estimate of drug-likeness (QED) is 0.354. The number of allylic oxidation sites excluding steroid dienone is 8. The molecule has 0 bridgehead atoms. The van der Waals surface area contributed by atoms with E-state index >= 15 is 8.78 Å². The molecule has 35 heavy (non-hydrogen) atoms. The second-order valence-electron chi connectivity index (χ2n) is 11.2. The van der Waals surface area contributed by atoms with Crippen molar-refractivity contribution in [2.75, 3.05) is 0 Å². The van der Waals surface area contributed by atoms with Crippen LogP contribution in [0.1, 0.15) is 54.4 Å². The third kappa shape index (κ3) is 5.16. The Hall–Kier alpha value is -2.26. The summed E-state index contributed by atoms with van der Waals surface area (Å²) < 4.78 is 46.0. The first-order chi connectivity index (χ1) is 16.4. The molecule has 0 unspecified atom stereocenters. The second kappa shape index (κ2) is 9.66. The van der Waals surface area contributed by atoms with Crippen molar-refractivity contribution >= 4 is 0 Å². The molecule has 0 aliphatic heterocycles. The molecule has 2 nitrogen and oxygen atoms in total. The molecule has 0 spiro atoms. The zero-order valence-corrected chi connectivity index (χ0v) is 23.9. The fraction of sp³-hybridized carbons (Fsp3) is 0.333. The molecule has 0 heterocycles. The van der Waals surface area contributed by atoms with Crippen LogP contribution in [-0.2, 0) is 21.1 Å². The van der Waals surface area contributed by atoms with Crippen molar-refractivity contribution in [3.05, 3.63) is 102 Å². The summed E-state index contributed by atoms with van der Waals surface area (Å²) in [5.74, 6) is -0.586. The van der Waals surface area contributed by atoms with E-state index in [0.29, 0.717) is 12.8 Å². The van der Waals surface area contributed by atoms with Gasteiger partial charge < -0.3 is 0 Å². The third-order valence-electron chi connectivity index (χ3n) is 6.45. The Labute approximate surface area is 213 Å². The molecule has 5 heteroatoms. The fourth-order valence-electron chi connectivity index (χ4n) is 4.85. The first kappa shape index (κ1) is 25.8. The Kier molecular flexibility index (Phi) is 7.12. The molecule has 0 atom stereocenters. The van der Waals surface area contributed by atoms with E-state index in [1.807, 2.05) is 0 Å². The van der Waals surface area contributed by atoms with Gasteiger partial charge in [-0.25, -0.2) is 0 Å². The first-order valence-electron chi connectivity index (χ1n) is 12.1. The van der Waals surface area contributed by atoms with Crippen LogP contribution in [0.5, 0.6) is 11.5 Å². The molecule has 2 aliphatic carbocycles. The van der Waals surface area contributed by atoms with E-state index in [4.69, 9.17) is 5.63 Å². The van der Waals surface area contributed by atoms with Crippen LogP contribution < -0.4 is 5.63 Å². The van der Waals surface area contributed by atoms with Crippen LogP contribution in [-0.4, -0.2) is 0 Å². The van der Waals surface area contributed by atoms with Crippen LogP contribution in [0.15, 0.2) is 90.5 Å². The minimum atomic E-state index is -4.75. The molecule has 2 aromatic carbocycles. The predicted octanol–water partition coefficient (Wildman–Crippen LogP) is 8.93. The van der Waals surface area contributed by atoms with Crippen molar-refractivity contribution in [3.8, 4) is 11.5 Å². The molecule has 0 N–H and O–H groups in total. The van der Waals surface area contributed by atoms with Crippen LogP contribution in [0.3, 0.4) is 0 Å². The summed E-state index contributed by atoms with van der Waals surface area (Å²) >= 11 is -4.75. The summed E-state index contributed by atoms with van der Waals surface area (Å²) in [5.41, 5.74) is 1.90. The first-order valence-corrected chi connectivity index (χ1v) is 16.6. The van der Waals surface area contributed by atoms with Gasteiger partial charge in [0.05, 0.1) is 0 Å². The van der Waals surface area contributed by atoms with E-state index < -0.39 is 32.8 Å². The summed E-state index contributed by atoms with van der Waals surface area (Å²) in [4.78, 5) is 0. The van der Waals surface area contributed by atoms with E-state index in [0.717, 1.165) is 17.7 Å². The van der Waals surface area contributed by atoms with Crippen LogP contribution in [0, 0.1) is 22.5 Å². The Bertz CT molecular complexity index is 1140. The molecule has 2 aromatic rings. The van der Waals surface area contributed by atoms with Gasteiger partial charge in [0.2, 0.25) is 0 Å². The molecule has 0 saturated carbocycles. The summed E-state index contributed by atoms with van der Waals surface area (Å²) in [6.45, 7) is 13.0. The number of para-hydroxylation sites is 2. The molecule has 0 fully saturated rings. The molecule has 184 valence electrons. The van der Waals surface area contributed by atoms with E-state index in [1.54, 1.807) is 36.4 Å². The monoisotopic (exact) mass is 554 g/mol. The van der Waals surface area contributed by atoms with Crippen LogP contribution >= 0.6 is 0 Å². The molecule has 4 rings (SSSR count). The average molecular weight is 556 g/mol. The number of halogens is 2. The second-order valence-corrected chi connectivity index (χ2v) is 18.2. The van der Waals surface area contributed by atoms with Crippen molar-refractivity contribution in [2.45, 2.75) is 54.4 Å². The Morgan fingerprint density at radius 1 is 0.629 bits per heavy atom. The number of hydrogen-bond acceptors (Lipinski definition) is 2. The van der Waals surface area contributed by atoms with Gasteiger partial charge in [0.15, 0.2) is 0 Å². The van der Waals surface area contributed by atoms with Gasteiger partial charge in [0.25, 0.3) is 0 Å². The van der Waals surface area contributed by atoms with Gasteiger partial charge in [-0.15, -0.1) is 0 Å². The summed E-state index contributed by atoms with van der Waals surface area (Å²) in [6.07, 6.45) is 9.80. The average Bonchev–Trinajstić information content (AvgIpc) is 3.46. The molecule has 0 radical (unpaired) electrons. The van der Waals surface area contributed by atoms with Crippen molar-refractivity contribution in [1.29, 1.82) is 0 Å². The molecule has 0 saturated heterocycles. The minimum absolute atomic E-state index is 0.153. The van der Waals surface area contributed by atoms with Gasteiger partial charge in [0, 0.05) is 0 Å². The molecule has 0 amide bonds. The number of benzene rings is 2. The summed E-state index contributed by atoms with van der Waals surface area (Å²) in [6, 6.07) is 12.9. The summed E-state index contributed by atoms with van der Waals surface area (Å²) in [5, 5.41) is 0. The molecule has 0 aromatic heterocycles. The van der Waals surface area contributed by atoms with Crippen molar-refractivity contribution in [2.24, 2.45) is 10.8 Å². The van der Waals surface area contributed by atoms with Gasteiger partial charge in [-0.1, -0.05) is 0 Å². The molecular weight excluding hydrogens is 522 g/mol. The zero-order valence-electron chi connectivity index (χ0n) is 21.4. The van der Waals surface area contributed by atoms with Gasteiger partial charge in [-0.05, 0) is 0 Å². The number of hydrogen-bond donors (Lipinski definition) is 0. The molecule has 2 aliphatic rings. The van der Waals surface area contributed by atoms with E-state index in [1.165, 1.54) is 12.1 Å². The van der Waals surface area contributed by atoms with Crippen molar-refractivity contribution in [1.82, 2.24) is 0 Å². The predicted molar refractivity (Wildman–Crippen MR) is 135 cm³/mol. The van der Waals surface area contributed by atoms with Crippen LogP contribution in [0.25, 0.3) is 0 Å². The maximum absolute atomic E-state index is 15.1. The van der Waals surface area contributed by atoms with E-state index in [-0.39, 0.29) is 22.3 Å². The SMILES string of the molecule is CC(C)(C)C1=[C]([Zr]([O]c2ccccc2F)([O]c2ccccc2F)[C]2=C(C(C)(C)C)C=CC2)CC=C1. The third-order valence-corrected chi connectivity index (χ3v) is 15.2. The Morgan fingerprint density at radius 2 is 1.00 bits per heavy atom. The van der Waals surface area contributed by atoms with E-state index in [2.05, 4.69) is 65.8 Å². The van der Waals surface area contributed by atoms with Gasteiger partial charge >= 0.3 is 214 Å². The maximum atomic E-state index is 15.1. The topological polar surface area (TPSA) is 18.5 Å². The van der Waals surface area contributed by atoms with Gasteiger partial charge in [-0.2, -0.15) is 0 Å². The van der Waals surface area contributed by atoms with Crippen LogP contribution in [0.4, 0.5) is 8.78 Å². The van der Waals surface area contributed by atoms with Gasteiger partial charge in [0.1, 0.15) is 0 Å². The fourth-order valence-corrected chi connectivity index (χ4v) is 15.3. The standard InChI is InChI=1S/2C9H13.2C6H5FO.Zr/c2*1-9(2,3)8-6-4-5-7-8;2*7-5-3-1-2-4-6(5)8;/h2*4,6H,5H2,1-3H3;2*1-4,8H;/q;;;;+2/p-2. The van der Waals surface area contributed by atoms with E-state index in [9.17, 15) is 0 Å². The zero-order chi connectivity index (χ0) is 25.4. The summed E-state index contributed by atoms with van der Waals surface area (Å²) in [7, 11) is 0. The Morgan fingerprint density at radius 3 is 1.34 bits per heavy atom. The molecular formula is C30H34F2O2Zr. The Balaban J connectivity index is 2.07. The van der Waals surface area contributed by atoms with Gasteiger partial charge in [-0.3, -0.25) is 0 Å².